The first-order valence-electron chi connectivity index (χ1n) is 13.8. The molecule has 2 amide bonds. The number of phenols is 1. The number of hydrogen-bond donors (Lipinski definition) is 4. The van der Waals surface area contributed by atoms with Gasteiger partial charge in [-0.05, 0) is 67.4 Å². The lowest BCUT2D eigenvalue weighted by Crippen LogP contribution is -2.39. The lowest BCUT2D eigenvalue weighted by Gasteiger charge is -2.36. The summed E-state index contributed by atoms with van der Waals surface area (Å²) in [5.41, 5.74) is 3.30. The van der Waals surface area contributed by atoms with Crippen LogP contribution in [0.4, 0.5) is 0 Å². The first-order valence-corrected chi connectivity index (χ1v) is 13.8. The van der Waals surface area contributed by atoms with Crippen LogP contribution in [-0.2, 0) is 19.1 Å². The van der Waals surface area contributed by atoms with Crippen LogP contribution >= 0.6 is 0 Å². The van der Waals surface area contributed by atoms with Crippen molar-refractivity contribution in [2.45, 2.75) is 64.4 Å². The van der Waals surface area contributed by atoms with E-state index in [1.54, 1.807) is 18.2 Å². The van der Waals surface area contributed by atoms with Gasteiger partial charge in [-0.2, -0.15) is 0 Å². The number of rotatable bonds is 15. The Morgan fingerprint density at radius 1 is 1.18 bits per heavy atom. The van der Waals surface area contributed by atoms with Crippen molar-refractivity contribution in [1.29, 1.82) is 0 Å². The fraction of sp³-hybridized carbons (Fsp3) is 0.567. The zero-order valence-corrected chi connectivity index (χ0v) is 22.8. The van der Waals surface area contributed by atoms with E-state index in [9.17, 15) is 29.7 Å². The summed E-state index contributed by atoms with van der Waals surface area (Å²) in [6.45, 7) is 2.08. The summed E-state index contributed by atoms with van der Waals surface area (Å²) in [5, 5.41) is 40.4. The van der Waals surface area contributed by atoms with Crippen molar-refractivity contribution in [1.82, 2.24) is 4.90 Å². The number of aromatic hydroxyl groups is 1. The van der Waals surface area contributed by atoms with Crippen LogP contribution < -0.4 is 0 Å². The molecule has 1 saturated heterocycles. The highest BCUT2D eigenvalue weighted by atomic mass is 16.5. The molecule has 0 bridgehead atoms. The molecule has 9 heteroatoms. The minimum absolute atomic E-state index is 0.0496. The highest BCUT2D eigenvalue weighted by Crippen LogP contribution is 2.46. The summed E-state index contributed by atoms with van der Waals surface area (Å²) in [6.07, 6.45) is 4.73. The highest BCUT2D eigenvalue weighted by molar-refractivity contribution is 6.05. The molecule has 0 radical (unpaired) electrons. The Morgan fingerprint density at radius 2 is 1.95 bits per heavy atom. The lowest BCUT2D eigenvalue weighted by atomic mass is 9.68. The van der Waals surface area contributed by atoms with Crippen LogP contribution in [0.1, 0.15) is 63.9 Å². The number of nitrogens with zero attached hydrogens (tertiary/aromatic N) is 1. The minimum Gasteiger partial charge on any atom is -0.508 e. The standard InChI is InChI=1S/C30H41NO8/c1-3-19(14-20-8-7-9-22(33)15-20)11-12-25(34)27-21(18-39-2)16-23-28(24(27)17-32)30(38)31(29(23)37)13-6-4-5-10-26(35)36/h7-9,14-15,23-25,28,32-34H,3-6,10-13,16-18H2,1-2H3,(H,35,36)/b19-14+/t23-,24+,25-,28-/m1/s1. The maximum atomic E-state index is 13.4. The number of imide groups is 1. The van der Waals surface area contributed by atoms with Crippen molar-refractivity contribution in [2.75, 3.05) is 26.9 Å². The maximum Gasteiger partial charge on any atom is 0.303 e. The Bertz CT molecular complexity index is 1090. The molecule has 1 aromatic rings. The number of hydrogen-bond acceptors (Lipinski definition) is 7. The van der Waals surface area contributed by atoms with Gasteiger partial charge in [0.15, 0.2) is 0 Å². The van der Waals surface area contributed by atoms with E-state index >= 15 is 0 Å². The predicted molar refractivity (Wildman–Crippen MR) is 146 cm³/mol. The molecular weight excluding hydrogens is 502 g/mol. The number of ether oxygens (including phenoxy) is 1. The van der Waals surface area contributed by atoms with Crippen molar-refractivity contribution in [2.24, 2.45) is 17.8 Å². The number of carboxylic acids is 1. The number of carboxylic acid groups (broad SMARTS) is 1. The Hall–Kier alpha value is -3.01. The second-order valence-corrected chi connectivity index (χ2v) is 10.5. The van der Waals surface area contributed by atoms with Crippen LogP contribution in [0.5, 0.6) is 5.75 Å². The summed E-state index contributed by atoms with van der Waals surface area (Å²) in [4.78, 5) is 38.6. The molecule has 1 aliphatic heterocycles. The van der Waals surface area contributed by atoms with E-state index in [4.69, 9.17) is 9.84 Å². The van der Waals surface area contributed by atoms with Gasteiger partial charge in [-0.25, -0.2) is 0 Å². The molecule has 4 N–H and O–H groups in total. The minimum atomic E-state index is -0.916. The number of fused-ring (bicyclic) bond motifs is 1. The van der Waals surface area contributed by atoms with Gasteiger partial charge in [0, 0.05) is 26.0 Å². The van der Waals surface area contributed by atoms with Gasteiger partial charge >= 0.3 is 5.97 Å². The van der Waals surface area contributed by atoms with E-state index in [-0.39, 0.29) is 43.7 Å². The second-order valence-electron chi connectivity index (χ2n) is 10.5. The van der Waals surface area contributed by atoms with Gasteiger partial charge in [0.1, 0.15) is 5.75 Å². The number of allylic oxidation sites excluding steroid dienone is 1. The van der Waals surface area contributed by atoms with E-state index in [0.717, 1.165) is 23.1 Å². The molecule has 1 fully saturated rings. The van der Waals surface area contributed by atoms with E-state index < -0.39 is 29.8 Å². The maximum absolute atomic E-state index is 13.4. The lowest BCUT2D eigenvalue weighted by molar-refractivity contribution is -0.141. The third-order valence-corrected chi connectivity index (χ3v) is 7.86. The molecule has 39 heavy (non-hydrogen) atoms. The van der Waals surface area contributed by atoms with Crippen LogP contribution in [0.15, 0.2) is 41.0 Å². The van der Waals surface area contributed by atoms with Crippen LogP contribution in [0.2, 0.25) is 0 Å². The summed E-state index contributed by atoms with van der Waals surface area (Å²) >= 11 is 0. The molecule has 0 aromatic heterocycles. The van der Waals surface area contributed by atoms with Gasteiger partial charge in [0.05, 0.1) is 31.2 Å². The molecule has 9 nitrogen and oxygen atoms in total. The number of benzene rings is 1. The number of aliphatic hydroxyl groups is 2. The Labute approximate surface area is 229 Å². The molecule has 2 aliphatic rings. The second kappa shape index (κ2) is 14.4. The normalized spacial score (nSPS) is 22.4. The fourth-order valence-corrected chi connectivity index (χ4v) is 5.95. The van der Waals surface area contributed by atoms with Crippen LogP contribution in [0, 0.1) is 17.8 Å². The van der Waals surface area contributed by atoms with Crippen LogP contribution in [0.25, 0.3) is 6.08 Å². The van der Waals surface area contributed by atoms with Crippen molar-refractivity contribution in [3.8, 4) is 5.75 Å². The molecule has 1 aliphatic carbocycles. The SMILES string of the molecule is CC/C(=C\c1cccc(O)c1)CC[C@@H](O)C1=C(COC)C[C@H]2C(=O)N(CCCCCC(=O)O)C(=O)[C@H]2[C@H]1CO. The van der Waals surface area contributed by atoms with Crippen molar-refractivity contribution in [3.63, 3.8) is 0 Å². The molecule has 0 unspecified atom stereocenters. The van der Waals surface area contributed by atoms with Gasteiger partial charge in [-0.15, -0.1) is 0 Å². The zero-order chi connectivity index (χ0) is 28.5. The van der Waals surface area contributed by atoms with Crippen molar-refractivity contribution in [3.05, 3.63) is 46.5 Å². The molecule has 0 saturated carbocycles. The van der Waals surface area contributed by atoms with Crippen molar-refractivity contribution < 1.29 is 39.5 Å². The monoisotopic (exact) mass is 543 g/mol. The number of likely N-dealkylation sites (tertiary alicyclic amines) is 1. The highest BCUT2D eigenvalue weighted by Gasteiger charge is 2.54. The summed E-state index contributed by atoms with van der Waals surface area (Å²) < 4.78 is 5.40. The van der Waals surface area contributed by atoms with Gasteiger partial charge in [0.25, 0.3) is 0 Å². The number of phenolic OH excluding ortho intramolecular Hbond substituents is 1. The first kappa shape index (κ1) is 30.5. The molecule has 1 heterocycles. The number of carbonyl (C=O) groups excluding carboxylic acids is 2. The quantitative estimate of drug-likeness (QED) is 0.149. The molecule has 3 rings (SSSR count). The smallest absolute Gasteiger partial charge is 0.303 e. The van der Waals surface area contributed by atoms with Crippen LogP contribution in [-0.4, -0.2) is 76.1 Å². The predicted octanol–water partition coefficient (Wildman–Crippen LogP) is 3.53. The van der Waals surface area contributed by atoms with Gasteiger partial charge in [-0.1, -0.05) is 37.1 Å². The number of aliphatic hydroxyl groups excluding tert-OH is 2. The number of unbranched alkanes of at least 4 members (excludes halogenated alkanes) is 2. The van der Waals surface area contributed by atoms with Crippen molar-refractivity contribution >= 4 is 23.9 Å². The fourth-order valence-electron chi connectivity index (χ4n) is 5.95. The van der Waals surface area contributed by atoms with E-state index in [0.29, 0.717) is 44.1 Å². The largest absolute Gasteiger partial charge is 0.508 e. The zero-order valence-electron chi connectivity index (χ0n) is 22.8. The van der Waals surface area contributed by atoms with E-state index in [1.807, 2.05) is 19.1 Å². The molecular formula is C30H41NO8. The van der Waals surface area contributed by atoms with Gasteiger partial charge in [-0.3, -0.25) is 19.3 Å². The summed E-state index contributed by atoms with van der Waals surface area (Å²) in [5.74, 6) is -3.32. The summed E-state index contributed by atoms with van der Waals surface area (Å²) in [7, 11) is 1.54. The molecule has 214 valence electrons. The third kappa shape index (κ3) is 7.56. The van der Waals surface area contributed by atoms with E-state index in [2.05, 4.69) is 0 Å². The van der Waals surface area contributed by atoms with Crippen LogP contribution in [0.3, 0.4) is 0 Å². The Balaban J connectivity index is 1.76. The molecule has 1 aromatic carbocycles. The average molecular weight is 544 g/mol. The molecule has 0 spiro atoms. The Kier molecular flexibility index (Phi) is 11.3. The number of aliphatic carboxylic acids is 1. The topological polar surface area (TPSA) is 145 Å². The average Bonchev–Trinajstić information content (AvgIpc) is 3.14. The Morgan fingerprint density at radius 3 is 2.59 bits per heavy atom. The summed E-state index contributed by atoms with van der Waals surface area (Å²) in [6, 6.07) is 6.95. The molecule has 4 atom stereocenters. The number of methoxy groups -OCH3 is 1. The first-order chi connectivity index (χ1) is 18.7. The number of carbonyl (C=O) groups is 3. The van der Waals surface area contributed by atoms with Gasteiger partial charge < -0.3 is 25.2 Å². The third-order valence-electron chi connectivity index (χ3n) is 7.86. The number of amides is 2. The van der Waals surface area contributed by atoms with E-state index in [1.165, 1.54) is 12.0 Å². The van der Waals surface area contributed by atoms with Gasteiger partial charge in [0.2, 0.25) is 11.8 Å².